The lowest BCUT2D eigenvalue weighted by molar-refractivity contribution is 0.0954. The number of hydrogen-bond donors (Lipinski definition) is 1. The lowest BCUT2D eigenvalue weighted by atomic mass is 10.3. The maximum Gasteiger partial charge on any atom is 0.254 e. The fourth-order valence-corrected chi connectivity index (χ4v) is 0.750. The number of carbonyl (C=O) groups excluding carboxylic acids is 1. The number of nitriles is 1. The summed E-state index contributed by atoms with van der Waals surface area (Å²) in [6.45, 7) is 0.351. The van der Waals surface area contributed by atoms with E-state index in [9.17, 15) is 4.79 Å². The van der Waals surface area contributed by atoms with Crippen LogP contribution in [0.1, 0.15) is 16.8 Å². The van der Waals surface area contributed by atoms with Crippen molar-refractivity contribution in [2.24, 2.45) is 0 Å². The van der Waals surface area contributed by atoms with Crippen LogP contribution >= 0.6 is 0 Å². The van der Waals surface area contributed by atoms with Crippen molar-refractivity contribution in [1.82, 2.24) is 15.3 Å². The number of hydrogen-bond acceptors (Lipinski definition) is 4. The van der Waals surface area contributed by atoms with Crippen LogP contribution < -0.4 is 5.32 Å². The Kier molecular flexibility index (Phi) is 3.39. The molecule has 13 heavy (non-hydrogen) atoms. The number of rotatable bonds is 3. The third-order valence-corrected chi connectivity index (χ3v) is 1.35. The summed E-state index contributed by atoms with van der Waals surface area (Å²) in [6.07, 6.45) is 4.51. The van der Waals surface area contributed by atoms with Gasteiger partial charge in [0, 0.05) is 18.9 Å². The number of aromatic nitrogens is 2. The highest BCUT2D eigenvalue weighted by Crippen LogP contribution is 1.91. The first-order valence-corrected chi connectivity index (χ1v) is 3.74. The van der Waals surface area contributed by atoms with Gasteiger partial charge in [0.05, 0.1) is 18.1 Å². The molecule has 0 atom stereocenters. The van der Waals surface area contributed by atoms with Gasteiger partial charge in [-0.1, -0.05) is 0 Å². The average Bonchev–Trinajstić information content (AvgIpc) is 2.19. The topological polar surface area (TPSA) is 78.7 Å². The fraction of sp³-hybridized carbons (Fsp3) is 0.250. The molecule has 0 fully saturated rings. The van der Waals surface area contributed by atoms with Crippen LogP contribution in [-0.2, 0) is 0 Å². The Labute approximate surface area is 75.4 Å². The smallest absolute Gasteiger partial charge is 0.254 e. The molecule has 0 saturated carbocycles. The number of nitrogens with one attached hydrogen (secondary N) is 1. The third kappa shape index (κ3) is 2.87. The second-order valence-electron chi connectivity index (χ2n) is 2.29. The van der Waals surface area contributed by atoms with Crippen molar-refractivity contribution in [2.45, 2.75) is 6.42 Å². The molecule has 0 bridgehead atoms. The Bertz CT molecular complexity index is 317. The Morgan fingerprint density at radius 2 is 2.23 bits per heavy atom. The van der Waals surface area contributed by atoms with E-state index in [1.165, 1.54) is 18.7 Å². The normalized spacial score (nSPS) is 8.85. The Morgan fingerprint density at radius 3 is 2.85 bits per heavy atom. The van der Waals surface area contributed by atoms with E-state index in [2.05, 4.69) is 15.3 Å². The average molecular weight is 176 g/mol. The van der Waals surface area contributed by atoms with Gasteiger partial charge in [0.15, 0.2) is 0 Å². The van der Waals surface area contributed by atoms with E-state index < -0.39 is 0 Å². The van der Waals surface area contributed by atoms with Crippen molar-refractivity contribution < 1.29 is 4.79 Å². The molecule has 1 aromatic heterocycles. The van der Waals surface area contributed by atoms with Crippen molar-refractivity contribution in [3.8, 4) is 6.07 Å². The first-order chi connectivity index (χ1) is 6.34. The molecule has 0 saturated heterocycles. The summed E-state index contributed by atoms with van der Waals surface area (Å²) in [5.74, 6) is -0.254. The van der Waals surface area contributed by atoms with Crippen molar-refractivity contribution in [3.05, 3.63) is 24.3 Å². The van der Waals surface area contributed by atoms with Crippen LogP contribution in [0.2, 0.25) is 0 Å². The van der Waals surface area contributed by atoms with Crippen LogP contribution in [-0.4, -0.2) is 22.4 Å². The molecule has 5 heteroatoms. The third-order valence-electron chi connectivity index (χ3n) is 1.35. The van der Waals surface area contributed by atoms with E-state index >= 15 is 0 Å². The first kappa shape index (κ1) is 9.13. The van der Waals surface area contributed by atoms with Gasteiger partial charge in [0.25, 0.3) is 5.91 Å². The summed E-state index contributed by atoms with van der Waals surface area (Å²) in [6, 6.07) is 1.93. The molecule has 5 nitrogen and oxygen atoms in total. The zero-order chi connectivity index (χ0) is 9.52. The van der Waals surface area contributed by atoms with E-state index in [0.29, 0.717) is 18.5 Å². The molecule has 0 aliphatic rings. The van der Waals surface area contributed by atoms with Gasteiger partial charge in [-0.05, 0) is 0 Å². The molecule has 0 aliphatic carbocycles. The summed E-state index contributed by atoms with van der Waals surface area (Å²) in [5, 5.41) is 10.8. The van der Waals surface area contributed by atoms with E-state index in [1.807, 2.05) is 6.07 Å². The van der Waals surface area contributed by atoms with E-state index in [4.69, 9.17) is 5.26 Å². The second-order valence-corrected chi connectivity index (χ2v) is 2.29. The Hall–Kier alpha value is -1.96. The van der Waals surface area contributed by atoms with Gasteiger partial charge >= 0.3 is 0 Å². The maximum absolute atomic E-state index is 11.2. The quantitative estimate of drug-likeness (QED) is 0.663. The zero-order valence-corrected chi connectivity index (χ0v) is 6.90. The molecule has 0 radical (unpaired) electrons. The minimum absolute atomic E-state index is 0.254. The highest BCUT2D eigenvalue weighted by Gasteiger charge is 2.03. The Balaban J connectivity index is 2.46. The van der Waals surface area contributed by atoms with E-state index in [-0.39, 0.29) is 5.91 Å². The zero-order valence-electron chi connectivity index (χ0n) is 6.90. The van der Waals surface area contributed by atoms with E-state index in [0.717, 1.165) is 0 Å². The highest BCUT2D eigenvalue weighted by molar-refractivity contribution is 5.93. The van der Waals surface area contributed by atoms with Crippen LogP contribution in [0.5, 0.6) is 0 Å². The molecule has 1 heterocycles. The SMILES string of the molecule is N#CCCNC(=O)c1cncnc1. The van der Waals surface area contributed by atoms with Crippen molar-refractivity contribution in [3.63, 3.8) is 0 Å². The molecule has 0 spiro atoms. The van der Waals surface area contributed by atoms with Gasteiger partial charge in [-0.3, -0.25) is 4.79 Å². The molecule has 1 N–H and O–H groups in total. The molecular weight excluding hydrogens is 168 g/mol. The number of carbonyl (C=O) groups is 1. The molecule has 1 aromatic rings. The maximum atomic E-state index is 11.2. The summed E-state index contributed by atoms with van der Waals surface area (Å²) >= 11 is 0. The number of amides is 1. The summed E-state index contributed by atoms with van der Waals surface area (Å²) in [5.41, 5.74) is 0.403. The van der Waals surface area contributed by atoms with Crippen LogP contribution in [0.15, 0.2) is 18.7 Å². The molecule has 1 rings (SSSR count). The van der Waals surface area contributed by atoms with Gasteiger partial charge in [-0.2, -0.15) is 5.26 Å². The van der Waals surface area contributed by atoms with E-state index in [1.54, 1.807) is 0 Å². The van der Waals surface area contributed by atoms with Gasteiger partial charge in [0.1, 0.15) is 6.33 Å². The van der Waals surface area contributed by atoms with Crippen LogP contribution in [0.25, 0.3) is 0 Å². The standard InChI is InChI=1S/C8H8N4O/c9-2-1-3-12-8(13)7-4-10-6-11-5-7/h4-6H,1,3H2,(H,12,13). The van der Waals surface area contributed by atoms with Gasteiger partial charge in [-0.15, -0.1) is 0 Å². The molecule has 0 unspecified atom stereocenters. The summed E-state index contributed by atoms with van der Waals surface area (Å²) in [4.78, 5) is 18.6. The fourth-order valence-electron chi connectivity index (χ4n) is 0.750. The Morgan fingerprint density at radius 1 is 1.54 bits per heavy atom. The molecular formula is C8H8N4O. The predicted octanol–water partition coefficient (Wildman–Crippen LogP) is 0.120. The first-order valence-electron chi connectivity index (χ1n) is 3.74. The second kappa shape index (κ2) is 4.83. The molecule has 0 aromatic carbocycles. The highest BCUT2D eigenvalue weighted by atomic mass is 16.1. The molecule has 0 aliphatic heterocycles. The molecule has 1 amide bonds. The van der Waals surface area contributed by atoms with Crippen LogP contribution in [0, 0.1) is 11.3 Å². The lowest BCUT2D eigenvalue weighted by Crippen LogP contribution is -2.24. The van der Waals surface area contributed by atoms with Gasteiger partial charge < -0.3 is 5.32 Å². The van der Waals surface area contributed by atoms with Crippen molar-refractivity contribution >= 4 is 5.91 Å². The summed E-state index contributed by atoms with van der Waals surface area (Å²) in [7, 11) is 0. The minimum atomic E-state index is -0.254. The minimum Gasteiger partial charge on any atom is -0.351 e. The predicted molar refractivity (Wildman–Crippen MR) is 44.6 cm³/mol. The van der Waals surface area contributed by atoms with Crippen LogP contribution in [0.3, 0.4) is 0 Å². The van der Waals surface area contributed by atoms with Crippen molar-refractivity contribution in [2.75, 3.05) is 6.54 Å². The largest absolute Gasteiger partial charge is 0.351 e. The summed E-state index contributed by atoms with van der Waals surface area (Å²) < 4.78 is 0. The molecule has 66 valence electrons. The van der Waals surface area contributed by atoms with Gasteiger partial charge in [0.2, 0.25) is 0 Å². The van der Waals surface area contributed by atoms with Gasteiger partial charge in [-0.25, -0.2) is 9.97 Å². The van der Waals surface area contributed by atoms with Crippen LogP contribution in [0.4, 0.5) is 0 Å². The lowest BCUT2D eigenvalue weighted by Gasteiger charge is -2.00. The number of nitrogens with zero attached hydrogens (tertiary/aromatic N) is 3. The monoisotopic (exact) mass is 176 g/mol. The van der Waals surface area contributed by atoms with Crippen molar-refractivity contribution in [1.29, 1.82) is 5.26 Å².